The molecule has 1 unspecified atom stereocenters. The number of benzene rings is 2. The van der Waals surface area contributed by atoms with Gasteiger partial charge in [0.1, 0.15) is 0 Å². The molecular formula is C21H20Cl2N2O5. The van der Waals surface area contributed by atoms with Crippen LogP contribution in [-0.2, 0) is 27.5 Å². The van der Waals surface area contributed by atoms with E-state index in [9.17, 15) is 0 Å². The van der Waals surface area contributed by atoms with Crippen LogP contribution in [-0.4, -0.2) is 31.7 Å². The third-order valence-electron chi connectivity index (χ3n) is 4.00. The average Bonchev–Trinajstić information content (AvgIpc) is 3.24. The Hall–Kier alpha value is -2.87. The van der Waals surface area contributed by atoms with Crippen molar-refractivity contribution in [1.82, 2.24) is 9.55 Å². The monoisotopic (exact) mass is 450 g/mol. The summed E-state index contributed by atoms with van der Waals surface area (Å²) in [6.45, 7) is 1.38. The van der Waals surface area contributed by atoms with Gasteiger partial charge in [-0.2, -0.15) is 0 Å². The number of hydrogen-bond acceptors (Lipinski definition) is 4. The molecule has 0 spiro atoms. The van der Waals surface area contributed by atoms with Crippen molar-refractivity contribution in [2.45, 2.75) is 25.7 Å². The highest BCUT2D eigenvalue weighted by Gasteiger charge is 2.13. The zero-order valence-corrected chi connectivity index (χ0v) is 17.3. The largest absolute Gasteiger partial charge is 0.473 e. The molecule has 0 fully saturated rings. The summed E-state index contributed by atoms with van der Waals surface area (Å²) >= 11 is 11.9. The molecule has 7 nitrogen and oxygen atoms in total. The number of rotatable bonds is 7. The first kappa shape index (κ1) is 23.4. The highest BCUT2D eigenvalue weighted by atomic mass is 35.5. The summed E-state index contributed by atoms with van der Waals surface area (Å²) in [6.07, 6.45) is 6.40. The van der Waals surface area contributed by atoms with Crippen molar-refractivity contribution in [3.63, 3.8) is 0 Å². The quantitative estimate of drug-likeness (QED) is 0.506. The first-order valence-electron chi connectivity index (χ1n) is 8.88. The lowest BCUT2D eigenvalue weighted by molar-refractivity contribution is -0.159. The number of halogens is 2. The van der Waals surface area contributed by atoms with E-state index >= 15 is 0 Å². The molecule has 9 heteroatoms. The number of carboxylic acids is 2. The van der Waals surface area contributed by atoms with Gasteiger partial charge in [0, 0.05) is 29.0 Å². The molecule has 0 aliphatic heterocycles. The van der Waals surface area contributed by atoms with Crippen LogP contribution < -0.4 is 0 Å². The van der Waals surface area contributed by atoms with Crippen molar-refractivity contribution < 1.29 is 24.5 Å². The molecule has 2 aromatic carbocycles. The van der Waals surface area contributed by atoms with Crippen molar-refractivity contribution in [1.29, 1.82) is 0 Å². The maximum absolute atomic E-state index is 9.10. The lowest BCUT2D eigenvalue weighted by Crippen LogP contribution is -2.09. The number of aliphatic carboxylic acids is 2. The van der Waals surface area contributed by atoms with Gasteiger partial charge >= 0.3 is 11.9 Å². The van der Waals surface area contributed by atoms with Crippen molar-refractivity contribution in [2.75, 3.05) is 0 Å². The SMILES string of the molecule is Clc1ccc(COC(CCn2ccnc2)c2ccc(Cl)cc2)cc1.O=C(O)C(=O)O. The van der Waals surface area contributed by atoms with Gasteiger partial charge in [-0.25, -0.2) is 14.6 Å². The van der Waals surface area contributed by atoms with Gasteiger partial charge in [0.25, 0.3) is 0 Å². The maximum atomic E-state index is 9.10. The third kappa shape index (κ3) is 8.24. The smallest absolute Gasteiger partial charge is 0.414 e. The molecule has 3 aromatic rings. The van der Waals surface area contributed by atoms with Gasteiger partial charge in [0.15, 0.2) is 0 Å². The molecule has 3 rings (SSSR count). The minimum atomic E-state index is -1.82. The van der Waals surface area contributed by atoms with Crippen molar-refractivity contribution in [2.24, 2.45) is 0 Å². The van der Waals surface area contributed by atoms with E-state index in [2.05, 4.69) is 9.55 Å². The number of carbonyl (C=O) groups is 2. The molecule has 158 valence electrons. The van der Waals surface area contributed by atoms with Crippen LogP contribution in [0.2, 0.25) is 10.0 Å². The molecule has 1 aromatic heterocycles. The second-order valence-electron chi connectivity index (χ2n) is 6.18. The standard InChI is InChI=1S/C19H18Cl2N2O.C2H2O4/c20-17-5-1-15(2-6-17)13-24-19(9-11-23-12-10-22-14-23)16-3-7-18(21)8-4-16;3-1(4)2(5)6/h1-8,10,12,14,19H,9,11,13H2;(H,3,4)(H,5,6). The van der Waals surface area contributed by atoms with E-state index < -0.39 is 11.9 Å². The predicted octanol–water partition coefficient (Wildman–Crippen LogP) is 4.69. The Kier molecular flexibility index (Phi) is 9.34. The maximum Gasteiger partial charge on any atom is 0.414 e. The summed E-state index contributed by atoms with van der Waals surface area (Å²) in [4.78, 5) is 22.3. The number of imidazole rings is 1. The molecule has 1 heterocycles. The van der Waals surface area contributed by atoms with Gasteiger partial charge in [-0.05, 0) is 41.8 Å². The minimum absolute atomic E-state index is 0.0136. The average molecular weight is 451 g/mol. The fourth-order valence-electron chi connectivity index (χ4n) is 2.49. The molecule has 2 N–H and O–H groups in total. The van der Waals surface area contributed by atoms with Crippen LogP contribution in [0.15, 0.2) is 67.3 Å². The Morgan fingerprint density at radius 1 is 0.967 bits per heavy atom. The summed E-state index contributed by atoms with van der Waals surface area (Å²) < 4.78 is 8.22. The van der Waals surface area contributed by atoms with Gasteiger partial charge in [-0.1, -0.05) is 47.5 Å². The van der Waals surface area contributed by atoms with Crippen LogP contribution in [0.5, 0.6) is 0 Å². The Labute approximate surface area is 183 Å². The second-order valence-corrected chi connectivity index (χ2v) is 7.05. The van der Waals surface area contributed by atoms with Gasteiger partial charge in [-0.3, -0.25) is 0 Å². The Morgan fingerprint density at radius 2 is 1.53 bits per heavy atom. The molecule has 0 radical (unpaired) electrons. The lowest BCUT2D eigenvalue weighted by atomic mass is 10.1. The Bertz CT molecular complexity index is 917. The van der Waals surface area contributed by atoms with Gasteiger partial charge in [0.05, 0.1) is 19.0 Å². The van der Waals surface area contributed by atoms with Crippen molar-refractivity contribution >= 4 is 35.1 Å². The fourth-order valence-corrected chi connectivity index (χ4v) is 2.74. The highest BCUT2D eigenvalue weighted by Crippen LogP contribution is 2.25. The molecule has 0 saturated heterocycles. The Balaban J connectivity index is 0.000000469. The number of carboxylic acid groups (broad SMARTS) is 2. The molecule has 0 amide bonds. The molecule has 0 saturated carbocycles. The molecule has 0 aliphatic rings. The van der Waals surface area contributed by atoms with Crippen LogP contribution in [0, 0.1) is 0 Å². The number of hydrogen-bond donors (Lipinski definition) is 2. The van der Waals surface area contributed by atoms with Gasteiger partial charge in [-0.15, -0.1) is 0 Å². The lowest BCUT2D eigenvalue weighted by Gasteiger charge is -2.19. The van der Waals surface area contributed by atoms with Crippen LogP contribution in [0.25, 0.3) is 0 Å². The zero-order chi connectivity index (χ0) is 21.9. The van der Waals surface area contributed by atoms with Gasteiger partial charge < -0.3 is 19.5 Å². The summed E-state index contributed by atoms with van der Waals surface area (Å²) in [7, 11) is 0. The predicted molar refractivity (Wildman–Crippen MR) is 113 cm³/mol. The summed E-state index contributed by atoms with van der Waals surface area (Å²) in [5, 5.41) is 16.2. The van der Waals surface area contributed by atoms with E-state index in [-0.39, 0.29) is 6.10 Å². The number of ether oxygens (including phenoxy) is 1. The second kappa shape index (κ2) is 12.0. The van der Waals surface area contributed by atoms with Crippen LogP contribution >= 0.6 is 23.2 Å². The number of aryl methyl sites for hydroxylation is 1. The normalized spacial score (nSPS) is 11.3. The first-order valence-corrected chi connectivity index (χ1v) is 9.64. The van der Waals surface area contributed by atoms with Gasteiger partial charge in [0.2, 0.25) is 0 Å². The van der Waals surface area contributed by atoms with E-state index in [0.717, 1.165) is 34.1 Å². The summed E-state index contributed by atoms with van der Waals surface area (Å²) in [5.41, 5.74) is 2.22. The number of nitrogens with zero attached hydrogens (tertiary/aromatic N) is 2. The van der Waals surface area contributed by atoms with Crippen LogP contribution in [0.3, 0.4) is 0 Å². The summed E-state index contributed by atoms with van der Waals surface area (Å²) in [6, 6.07) is 15.5. The van der Waals surface area contributed by atoms with E-state index in [1.807, 2.05) is 61.1 Å². The zero-order valence-electron chi connectivity index (χ0n) is 15.8. The molecular weight excluding hydrogens is 431 g/mol. The van der Waals surface area contributed by atoms with E-state index in [0.29, 0.717) is 6.61 Å². The van der Waals surface area contributed by atoms with Crippen LogP contribution in [0.4, 0.5) is 0 Å². The third-order valence-corrected chi connectivity index (χ3v) is 4.50. The molecule has 0 bridgehead atoms. The minimum Gasteiger partial charge on any atom is -0.473 e. The molecule has 1 atom stereocenters. The molecule has 0 aliphatic carbocycles. The topological polar surface area (TPSA) is 102 Å². The van der Waals surface area contributed by atoms with E-state index in [4.69, 9.17) is 47.7 Å². The van der Waals surface area contributed by atoms with E-state index in [1.54, 1.807) is 6.20 Å². The highest BCUT2D eigenvalue weighted by molar-refractivity contribution is 6.30. The fraction of sp³-hybridized carbons (Fsp3) is 0.190. The molecule has 30 heavy (non-hydrogen) atoms. The Morgan fingerprint density at radius 3 is 2.03 bits per heavy atom. The van der Waals surface area contributed by atoms with Crippen molar-refractivity contribution in [3.05, 3.63) is 88.4 Å². The number of aromatic nitrogens is 2. The van der Waals surface area contributed by atoms with Crippen molar-refractivity contribution in [3.8, 4) is 0 Å². The first-order chi connectivity index (χ1) is 14.3. The summed E-state index contributed by atoms with van der Waals surface area (Å²) in [5.74, 6) is -3.65. The van der Waals surface area contributed by atoms with E-state index in [1.165, 1.54) is 0 Å². The van der Waals surface area contributed by atoms with Crippen LogP contribution in [0.1, 0.15) is 23.7 Å².